The Kier molecular flexibility index (Phi) is 4.99. The van der Waals surface area contributed by atoms with Crippen LogP contribution >= 0.6 is 0 Å². The molecule has 172 valence electrons. The van der Waals surface area contributed by atoms with Crippen molar-refractivity contribution in [2.24, 2.45) is 0 Å². The number of piperazine rings is 1. The Morgan fingerprint density at radius 2 is 1.65 bits per heavy atom. The summed E-state index contributed by atoms with van der Waals surface area (Å²) in [5.74, 6) is 0.611. The number of hydrogen-bond acceptors (Lipinski definition) is 7. The second kappa shape index (κ2) is 8.18. The van der Waals surface area contributed by atoms with Crippen LogP contribution in [-0.4, -0.2) is 62.4 Å². The molecule has 34 heavy (non-hydrogen) atoms. The van der Waals surface area contributed by atoms with Crippen LogP contribution in [0.25, 0.3) is 22.2 Å². The molecule has 1 aromatic heterocycles. The summed E-state index contributed by atoms with van der Waals surface area (Å²) in [6.07, 6.45) is 0. The summed E-state index contributed by atoms with van der Waals surface area (Å²) in [4.78, 5) is 20.3. The maximum Gasteiger partial charge on any atom is 0.196 e. The molecule has 1 N–H and O–H groups in total. The van der Waals surface area contributed by atoms with Crippen LogP contribution in [0.3, 0.4) is 0 Å². The van der Waals surface area contributed by atoms with Crippen molar-refractivity contribution in [1.29, 1.82) is 0 Å². The van der Waals surface area contributed by atoms with E-state index in [1.807, 2.05) is 48.3 Å². The van der Waals surface area contributed by atoms with E-state index in [1.165, 1.54) is 5.69 Å². The monoisotopic (exact) mass is 454 g/mol. The number of rotatable bonds is 5. The van der Waals surface area contributed by atoms with Gasteiger partial charge in [0.1, 0.15) is 5.52 Å². The Bertz CT molecular complexity index is 1370. The summed E-state index contributed by atoms with van der Waals surface area (Å²) in [6, 6.07) is 20.0. The van der Waals surface area contributed by atoms with Gasteiger partial charge in [-0.15, -0.1) is 0 Å². The van der Waals surface area contributed by atoms with E-state index in [0.29, 0.717) is 23.4 Å². The van der Waals surface area contributed by atoms with Gasteiger partial charge in [0.15, 0.2) is 11.5 Å². The molecule has 2 aliphatic rings. The average Bonchev–Trinajstić information content (AvgIpc) is 3.33. The van der Waals surface area contributed by atoms with Crippen LogP contribution in [0.5, 0.6) is 0 Å². The standard InChI is InChI=1S/C27H26N4O3/c1-29(15-16-32)21-17-22(31-13-11-30(12-14-31)18-7-3-2-4-8-18)25-24-23(21)26(33)19-9-5-6-10-20(19)27(24)34-28-25/h2-10,17,32H,11-16H2,1H3. The summed E-state index contributed by atoms with van der Waals surface area (Å²) in [6.45, 7) is 3.87. The maximum atomic E-state index is 13.6. The second-order valence-corrected chi connectivity index (χ2v) is 8.85. The van der Waals surface area contributed by atoms with E-state index in [-0.39, 0.29) is 12.4 Å². The Hall–Kier alpha value is -3.84. The van der Waals surface area contributed by atoms with Gasteiger partial charge in [-0.1, -0.05) is 47.6 Å². The number of likely N-dealkylation sites (N-methyl/N-ethyl adjacent to an activating group) is 1. The minimum atomic E-state index is -0.0310. The molecule has 0 saturated carbocycles. The number of ketones is 1. The Balaban J connectivity index is 1.46. The van der Waals surface area contributed by atoms with Gasteiger partial charge in [0.05, 0.1) is 28.9 Å². The van der Waals surface area contributed by atoms with Crippen LogP contribution in [0.1, 0.15) is 15.9 Å². The lowest BCUT2D eigenvalue weighted by Gasteiger charge is -2.38. The number of nitrogens with zero attached hydrogens (tertiary/aromatic N) is 4. The Labute approximate surface area is 197 Å². The molecule has 4 aromatic rings. The van der Waals surface area contributed by atoms with E-state index >= 15 is 0 Å². The molecule has 0 atom stereocenters. The first kappa shape index (κ1) is 20.7. The van der Waals surface area contributed by atoms with Crippen LogP contribution in [0.2, 0.25) is 0 Å². The van der Waals surface area contributed by atoms with Crippen molar-refractivity contribution in [3.05, 3.63) is 71.8 Å². The predicted molar refractivity (Wildman–Crippen MR) is 134 cm³/mol. The fraction of sp³-hybridized carbons (Fsp3) is 0.259. The highest BCUT2D eigenvalue weighted by atomic mass is 16.5. The number of hydrogen-bond donors (Lipinski definition) is 1. The van der Waals surface area contributed by atoms with Crippen LogP contribution in [0.15, 0.2) is 65.2 Å². The van der Waals surface area contributed by atoms with Crippen molar-refractivity contribution in [3.8, 4) is 11.3 Å². The number of fused-ring (bicyclic) bond motifs is 2. The van der Waals surface area contributed by atoms with Gasteiger partial charge < -0.3 is 24.3 Å². The highest BCUT2D eigenvalue weighted by molar-refractivity contribution is 6.28. The predicted octanol–water partition coefficient (Wildman–Crippen LogP) is 3.79. The molecule has 1 aliphatic heterocycles. The van der Waals surface area contributed by atoms with Gasteiger partial charge in [-0.05, 0) is 18.2 Å². The van der Waals surface area contributed by atoms with Crippen molar-refractivity contribution in [1.82, 2.24) is 5.16 Å². The molecule has 0 spiro atoms. The molecule has 1 aliphatic carbocycles. The number of carbonyl (C=O) groups excluding carboxylic acids is 1. The molecule has 0 amide bonds. The van der Waals surface area contributed by atoms with Gasteiger partial charge in [-0.2, -0.15) is 0 Å². The zero-order chi connectivity index (χ0) is 23.2. The van der Waals surface area contributed by atoms with E-state index in [4.69, 9.17) is 4.52 Å². The summed E-state index contributed by atoms with van der Waals surface area (Å²) in [5.41, 5.74) is 5.72. The summed E-state index contributed by atoms with van der Waals surface area (Å²) >= 11 is 0. The van der Waals surface area contributed by atoms with E-state index in [2.05, 4.69) is 39.2 Å². The third-order valence-electron chi connectivity index (χ3n) is 6.95. The van der Waals surface area contributed by atoms with Crippen LogP contribution in [0.4, 0.5) is 17.1 Å². The van der Waals surface area contributed by atoms with Gasteiger partial charge in [0, 0.05) is 56.6 Å². The highest BCUT2D eigenvalue weighted by Crippen LogP contribution is 2.46. The van der Waals surface area contributed by atoms with Gasteiger partial charge in [0.25, 0.3) is 0 Å². The van der Waals surface area contributed by atoms with Crippen molar-refractivity contribution in [3.63, 3.8) is 0 Å². The number of carbonyl (C=O) groups is 1. The van der Waals surface area contributed by atoms with Gasteiger partial charge in [-0.25, -0.2) is 0 Å². The largest absolute Gasteiger partial charge is 0.395 e. The first-order valence-electron chi connectivity index (χ1n) is 11.6. The maximum absolute atomic E-state index is 13.6. The van der Waals surface area contributed by atoms with Crippen LogP contribution in [-0.2, 0) is 0 Å². The SMILES string of the molecule is CN(CCO)c1cc(N2CCN(c3ccccc3)CC2)c2noc3c2c1C(=O)c1ccccc1-3. The lowest BCUT2D eigenvalue weighted by molar-refractivity contribution is 0.104. The highest BCUT2D eigenvalue weighted by Gasteiger charge is 2.34. The molecule has 7 heteroatoms. The minimum absolute atomic E-state index is 0.000329. The molecule has 0 unspecified atom stereocenters. The fourth-order valence-corrected chi connectivity index (χ4v) is 5.18. The van der Waals surface area contributed by atoms with Crippen molar-refractivity contribution < 1.29 is 14.4 Å². The van der Waals surface area contributed by atoms with E-state index < -0.39 is 0 Å². The van der Waals surface area contributed by atoms with Gasteiger partial charge in [0.2, 0.25) is 0 Å². The summed E-state index contributed by atoms with van der Waals surface area (Å²) in [5, 5.41) is 14.9. The zero-order valence-corrected chi connectivity index (χ0v) is 19.1. The number of aromatic nitrogens is 1. The number of aliphatic hydroxyl groups excluding tert-OH is 1. The number of aliphatic hydroxyl groups is 1. The summed E-state index contributed by atoms with van der Waals surface area (Å²) < 4.78 is 5.88. The normalized spacial score (nSPS) is 15.1. The molecule has 2 heterocycles. The molecular formula is C27H26N4O3. The van der Waals surface area contributed by atoms with E-state index in [1.54, 1.807) is 0 Å². The average molecular weight is 455 g/mol. The van der Waals surface area contributed by atoms with E-state index in [9.17, 15) is 9.90 Å². The van der Waals surface area contributed by atoms with Crippen LogP contribution < -0.4 is 14.7 Å². The quantitative estimate of drug-likeness (QED) is 0.433. The second-order valence-electron chi connectivity index (χ2n) is 8.85. The number of benzene rings is 3. The van der Waals surface area contributed by atoms with Crippen molar-refractivity contribution >= 4 is 33.7 Å². The first-order valence-corrected chi connectivity index (χ1v) is 11.6. The third-order valence-corrected chi connectivity index (χ3v) is 6.95. The Morgan fingerprint density at radius 1 is 0.971 bits per heavy atom. The fourth-order valence-electron chi connectivity index (χ4n) is 5.18. The van der Waals surface area contributed by atoms with Crippen molar-refractivity contribution in [2.75, 3.05) is 61.1 Å². The third kappa shape index (κ3) is 3.15. The molecule has 3 aromatic carbocycles. The first-order chi connectivity index (χ1) is 16.7. The van der Waals surface area contributed by atoms with Gasteiger partial charge >= 0.3 is 0 Å². The number of para-hydroxylation sites is 1. The molecular weight excluding hydrogens is 428 g/mol. The number of anilines is 3. The van der Waals surface area contributed by atoms with Crippen molar-refractivity contribution in [2.45, 2.75) is 0 Å². The molecule has 6 rings (SSSR count). The van der Waals surface area contributed by atoms with Gasteiger partial charge in [-0.3, -0.25) is 4.79 Å². The minimum Gasteiger partial charge on any atom is -0.395 e. The summed E-state index contributed by atoms with van der Waals surface area (Å²) in [7, 11) is 1.91. The Morgan fingerprint density at radius 3 is 2.38 bits per heavy atom. The van der Waals surface area contributed by atoms with Crippen LogP contribution in [0, 0.1) is 0 Å². The topological polar surface area (TPSA) is 73.1 Å². The molecule has 7 nitrogen and oxygen atoms in total. The molecule has 0 bridgehead atoms. The van der Waals surface area contributed by atoms with E-state index in [0.717, 1.165) is 54.0 Å². The lowest BCUT2D eigenvalue weighted by atomic mass is 9.86. The zero-order valence-electron chi connectivity index (χ0n) is 19.1. The molecule has 1 fully saturated rings. The molecule has 0 radical (unpaired) electrons. The molecule has 1 saturated heterocycles. The smallest absolute Gasteiger partial charge is 0.196 e. The lowest BCUT2D eigenvalue weighted by Crippen LogP contribution is -2.46.